The Balaban J connectivity index is 1.92. The van der Waals surface area contributed by atoms with E-state index in [2.05, 4.69) is 70.5 Å². The van der Waals surface area contributed by atoms with Crippen molar-refractivity contribution in [2.45, 2.75) is 78.2 Å². The summed E-state index contributed by atoms with van der Waals surface area (Å²) in [5.74, 6) is 0.191. The number of aliphatic imine (C=N–C) groups is 1. The average molecular weight is 395 g/mol. The van der Waals surface area contributed by atoms with Crippen LogP contribution in [0.15, 0.2) is 41.4 Å². The fourth-order valence-corrected chi connectivity index (χ4v) is 4.46. The second-order valence-corrected chi connectivity index (χ2v) is 10.1. The van der Waals surface area contributed by atoms with Crippen molar-refractivity contribution in [1.82, 2.24) is 0 Å². The second-order valence-electron chi connectivity index (χ2n) is 10.1. The zero-order valence-electron chi connectivity index (χ0n) is 19.0. The van der Waals surface area contributed by atoms with Crippen molar-refractivity contribution in [2.75, 3.05) is 11.4 Å². The van der Waals surface area contributed by atoms with Gasteiger partial charge < -0.3 is 4.90 Å². The van der Waals surface area contributed by atoms with E-state index in [1.165, 1.54) is 11.1 Å². The molecule has 1 aliphatic rings. The molecular weight excluding hydrogens is 359 g/mol. The Bertz CT molecular complexity index is 888. The minimum absolute atomic E-state index is 0.0409. The number of hydrogen-bond donors (Lipinski definition) is 0. The molecule has 0 amide bonds. The normalized spacial score (nSPS) is 18.9. The molecule has 0 saturated heterocycles. The molecule has 1 atom stereocenters. The molecular formula is C26H35FN2. The maximum Gasteiger partial charge on any atom is 0.134 e. The minimum Gasteiger partial charge on any atom is -0.366 e. The van der Waals surface area contributed by atoms with E-state index in [4.69, 9.17) is 0 Å². The van der Waals surface area contributed by atoms with Crippen LogP contribution in [0.4, 0.5) is 15.8 Å². The number of halogens is 1. The van der Waals surface area contributed by atoms with Crippen molar-refractivity contribution in [1.29, 1.82) is 0 Å². The van der Waals surface area contributed by atoms with Gasteiger partial charge in [-0.1, -0.05) is 46.8 Å². The topological polar surface area (TPSA) is 15.6 Å². The van der Waals surface area contributed by atoms with Crippen molar-refractivity contribution in [3.05, 3.63) is 58.9 Å². The SMILES string of the molecule is CCCN1c2cc(F)c(C=Nc3ccc(C(C)(C)C)cc3)cc2C(C)CC1(C)C. The van der Waals surface area contributed by atoms with Crippen molar-refractivity contribution >= 4 is 17.6 Å². The summed E-state index contributed by atoms with van der Waals surface area (Å²) in [4.78, 5) is 6.91. The minimum atomic E-state index is -0.204. The van der Waals surface area contributed by atoms with Gasteiger partial charge in [0.1, 0.15) is 5.82 Å². The fourth-order valence-electron chi connectivity index (χ4n) is 4.46. The lowest BCUT2D eigenvalue weighted by molar-refractivity contribution is 0.375. The van der Waals surface area contributed by atoms with Crippen LogP contribution in [0.2, 0.25) is 0 Å². The fraction of sp³-hybridized carbons (Fsp3) is 0.500. The van der Waals surface area contributed by atoms with Crippen LogP contribution >= 0.6 is 0 Å². The van der Waals surface area contributed by atoms with Crippen LogP contribution in [0, 0.1) is 5.82 Å². The summed E-state index contributed by atoms with van der Waals surface area (Å²) in [6.45, 7) is 16.5. The van der Waals surface area contributed by atoms with Crippen LogP contribution < -0.4 is 4.90 Å². The summed E-state index contributed by atoms with van der Waals surface area (Å²) >= 11 is 0. The zero-order chi connectivity index (χ0) is 21.4. The van der Waals surface area contributed by atoms with Crippen LogP contribution in [-0.2, 0) is 5.41 Å². The maximum absolute atomic E-state index is 15.0. The first-order chi connectivity index (χ1) is 13.5. The molecule has 29 heavy (non-hydrogen) atoms. The van der Waals surface area contributed by atoms with E-state index in [0.717, 1.165) is 30.8 Å². The van der Waals surface area contributed by atoms with Crippen LogP contribution in [-0.4, -0.2) is 18.3 Å². The Morgan fingerprint density at radius 1 is 1.17 bits per heavy atom. The Kier molecular flexibility index (Phi) is 5.89. The average Bonchev–Trinajstić information content (AvgIpc) is 2.63. The standard InChI is InChI=1S/C26H35FN2/c1-8-13-29-24-15-23(27)19(14-22(24)18(2)16-26(29,6)7)17-28-21-11-9-20(10-12-21)25(3,4)5/h9-12,14-15,17-18H,8,13,16H2,1-7H3. The second kappa shape index (κ2) is 7.93. The maximum atomic E-state index is 15.0. The van der Waals surface area contributed by atoms with Crippen LogP contribution in [0.3, 0.4) is 0 Å². The highest BCUT2D eigenvalue weighted by Crippen LogP contribution is 2.44. The lowest BCUT2D eigenvalue weighted by Gasteiger charge is -2.47. The third kappa shape index (κ3) is 4.55. The van der Waals surface area contributed by atoms with Crippen LogP contribution in [0.5, 0.6) is 0 Å². The molecule has 0 saturated carbocycles. The number of rotatable bonds is 4. The molecule has 2 aromatic rings. The molecule has 1 aliphatic heterocycles. The van der Waals surface area contributed by atoms with E-state index in [1.807, 2.05) is 18.2 Å². The zero-order valence-corrected chi connectivity index (χ0v) is 19.0. The Morgan fingerprint density at radius 2 is 1.83 bits per heavy atom. The van der Waals surface area contributed by atoms with Gasteiger partial charge in [-0.15, -0.1) is 0 Å². The summed E-state index contributed by atoms with van der Waals surface area (Å²) in [5, 5.41) is 0. The molecule has 0 aliphatic carbocycles. The lowest BCUT2D eigenvalue weighted by atomic mass is 9.79. The third-order valence-electron chi connectivity index (χ3n) is 6.04. The van der Waals surface area contributed by atoms with Gasteiger partial charge >= 0.3 is 0 Å². The van der Waals surface area contributed by atoms with Gasteiger partial charge in [0.15, 0.2) is 0 Å². The highest BCUT2D eigenvalue weighted by molar-refractivity contribution is 5.84. The first-order valence-electron chi connectivity index (χ1n) is 10.8. The molecule has 3 heteroatoms. The summed E-state index contributed by atoms with van der Waals surface area (Å²) in [6, 6.07) is 11.9. The Hall–Kier alpha value is -2.16. The van der Waals surface area contributed by atoms with Gasteiger partial charge in [0.2, 0.25) is 0 Å². The van der Waals surface area contributed by atoms with Gasteiger partial charge in [-0.25, -0.2) is 4.39 Å². The molecule has 1 heterocycles. The molecule has 0 N–H and O–H groups in total. The number of benzene rings is 2. The summed E-state index contributed by atoms with van der Waals surface area (Å²) in [6.07, 6.45) is 3.78. The molecule has 0 bridgehead atoms. The monoisotopic (exact) mass is 394 g/mol. The van der Waals surface area contributed by atoms with Crippen molar-refractivity contribution < 1.29 is 4.39 Å². The van der Waals surface area contributed by atoms with Crippen LogP contribution in [0.25, 0.3) is 0 Å². The smallest absolute Gasteiger partial charge is 0.134 e. The van der Waals surface area contributed by atoms with Gasteiger partial charge in [0, 0.05) is 29.5 Å². The van der Waals surface area contributed by atoms with E-state index in [-0.39, 0.29) is 16.8 Å². The molecule has 3 rings (SSSR count). The molecule has 2 aromatic carbocycles. The predicted molar refractivity (Wildman–Crippen MR) is 124 cm³/mol. The Morgan fingerprint density at radius 3 is 2.41 bits per heavy atom. The number of fused-ring (bicyclic) bond motifs is 1. The third-order valence-corrected chi connectivity index (χ3v) is 6.04. The van der Waals surface area contributed by atoms with Gasteiger partial charge in [-0.2, -0.15) is 0 Å². The summed E-state index contributed by atoms with van der Waals surface area (Å²) < 4.78 is 15.0. The largest absolute Gasteiger partial charge is 0.366 e. The van der Waals surface area contributed by atoms with Crippen molar-refractivity contribution in [3.8, 4) is 0 Å². The van der Waals surface area contributed by atoms with E-state index in [1.54, 1.807) is 12.3 Å². The van der Waals surface area contributed by atoms with Crippen molar-refractivity contribution in [3.63, 3.8) is 0 Å². The number of anilines is 1. The molecule has 156 valence electrons. The van der Waals surface area contributed by atoms with E-state index in [0.29, 0.717) is 11.5 Å². The Labute approximate surface area is 175 Å². The van der Waals surface area contributed by atoms with Gasteiger partial charge in [-0.3, -0.25) is 4.99 Å². The predicted octanol–water partition coefficient (Wildman–Crippen LogP) is 7.38. The van der Waals surface area contributed by atoms with E-state index < -0.39 is 0 Å². The first-order valence-corrected chi connectivity index (χ1v) is 10.8. The highest BCUT2D eigenvalue weighted by atomic mass is 19.1. The lowest BCUT2D eigenvalue weighted by Crippen LogP contribution is -2.48. The first kappa shape index (κ1) is 21.5. The molecule has 0 aromatic heterocycles. The molecule has 0 radical (unpaired) electrons. The summed E-state index contributed by atoms with van der Waals surface area (Å²) in [5.41, 5.74) is 5.09. The molecule has 1 unspecified atom stereocenters. The molecule has 0 fully saturated rings. The van der Waals surface area contributed by atoms with Crippen LogP contribution in [0.1, 0.15) is 83.9 Å². The van der Waals surface area contributed by atoms with Gasteiger partial charge in [-0.05, 0) is 73.4 Å². The quantitative estimate of drug-likeness (QED) is 0.494. The molecule has 2 nitrogen and oxygen atoms in total. The summed E-state index contributed by atoms with van der Waals surface area (Å²) in [7, 11) is 0. The van der Waals surface area contributed by atoms with Gasteiger partial charge in [0.05, 0.1) is 5.69 Å². The number of hydrogen-bond acceptors (Lipinski definition) is 2. The highest BCUT2D eigenvalue weighted by Gasteiger charge is 2.36. The van der Waals surface area contributed by atoms with Crippen molar-refractivity contribution in [2.24, 2.45) is 4.99 Å². The van der Waals surface area contributed by atoms with E-state index >= 15 is 0 Å². The van der Waals surface area contributed by atoms with Gasteiger partial charge in [0.25, 0.3) is 0 Å². The van der Waals surface area contributed by atoms with E-state index in [9.17, 15) is 4.39 Å². The molecule has 0 spiro atoms. The number of nitrogens with zero attached hydrogens (tertiary/aromatic N) is 2.